The lowest BCUT2D eigenvalue weighted by molar-refractivity contribution is 0.256. The molecule has 0 aliphatic rings. The third-order valence-corrected chi connectivity index (χ3v) is 2.39. The Labute approximate surface area is 100 Å². The summed E-state index contributed by atoms with van der Waals surface area (Å²) in [5.74, 6) is -0.269. The Bertz CT molecular complexity index is 381. The Morgan fingerprint density at radius 2 is 2.06 bits per heavy atom. The second-order valence-electron chi connectivity index (χ2n) is 3.18. The monoisotopic (exact) mass is 240 g/mol. The molecule has 0 amide bonds. The van der Waals surface area contributed by atoms with Gasteiger partial charge >= 0.3 is 0 Å². The lowest BCUT2D eigenvalue weighted by atomic mass is 10.0. The molecule has 0 bridgehead atoms. The first-order chi connectivity index (χ1) is 7.69. The molecular weight excluding hydrogens is 227 g/mol. The fourth-order valence-electron chi connectivity index (χ4n) is 1.32. The summed E-state index contributed by atoms with van der Waals surface area (Å²) in [7, 11) is 0. The SMILES string of the molecule is C=CC/C(=C(\Cl)OCC)c1ccc(F)cc1. The fraction of sp³-hybridized carbons (Fsp3) is 0.231. The predicted octanol–water partition coefficient (Wildman–Crippen LogP) is 4.35. The van der Waals surface area contributed by atoms with Gasteiger partial charge in [0.05, 0.1) is 6.61 Å². The van der Waals surface area contributed by atoms with Crippen molar-refractivity contribution < 1.29 is 9.13 Å². The van der Waals surface area contributed by atoms with E-state index < -0.39 is 0 Å². The molecular formula is C13H14ClFO. The van der Waals surface area contributed by atoms with Crippen molar-refractivity contribution in [3.8, 4) is 0 Å². The van der Waals surface area contributed by atoms with Crippen molar-refractivity contribution in [2.45, 2.75) is 13.3 Å². The van der Waals surface area contributed by atoms with E-state index in [2.05, 4.69) is 6.58 Å². The number of benzene rings is 1. The Morgan fingerprint density at radius 3 is 2.56 bits per heavy atom. The normalized spacial score (nSPS) is 11.9. The molecule has 0 aromatic heterocycles. The summed E-state index contributed by atoms with van der Waals surface area (Å²) in [6.07, 6.45) is 2.32. The van der Waals surface area contributed by atoms with E-state index in [-0.39, 0.29) is 5.82 Å². The minimum atomic E-state index is -0.269. The second kappa shape index (κ2) is 6.33. The Morgan fingerprint density at radius 1 is 1.44 bits per heavy atom. The molecule has 0 aliphatic carbocycles. The smallest absolute Gasteiger partial charge is 0.190 e. The fourth-order valence-corrected chi connectivity index (χ4v) is 1.62. The van der Waals surface area contributed by atoms with Crippen molar-refractivity contribution in [1.82, 2.24) is 0 Å². The van der Waals surface area contributed by atoms with Gasteiger partial charge in [-0.2, -0.15) is 0 Å². The average molecular weight is 241 g/mol. The van der Waals surface area contributed by atoms with Crippen LogP contribution >= 0.6 is 11.6 Å². The van der Waals surface area contributed by atoms with E-state index in [0.717, 1.165) is 11.1 Å². The summed E-state index contributed by atoms with van der Waals surface area (Å²) in [4.78, 5) is 0. The first kappa shape index (κ1) is 12.8. The summed E-state index contributed by atoms with van der Waals surface area (Å²) >= 11 is 6.02. The molecule has 0 saturated heterocycles. The van der Waals surface area contributed by atoms with Crippen molar-refractivity contribution >= 4 is 17.2 Å². The molecule has 1 rings (SSSR count). The van der Waals surface area contributed by atoms with Crippen LogP contribution in [-0.2, 0) is 4.74 Å². The molecule has 0 saturated carbocycles. The van der Waals surface area contributed by atoms with Crippen molar-refractivity contribution in [1.29, 1.82) is 0 Å². The summed E-state index contributed by atoms with van der Waals surface area (Å²) in [6.45, 7) is 6.02. The minimum Gasteiger partial charge on any atom is -0.483 e. The van der Waals surface area contributed by atoms with Crippen LogP contribution in [0.5, 0.6) is 0 Å². The van der Waals surface area contributed by atoms with Gasteiger partial charge in [0.25, 0.3) is 0 Å². The van der Waals surface area contributed by atoms with Crippen molar-refractivity contribution in [2.75, 3.05) is 6.61 Å². The molecule has 3 heteroatoms. The zero-order valence-corrected chi connectivity index (χ0v) is 9.93. The molecule has 16 heavy (non-hydrogen) atoms. The molecule has 0 radical (unpaired) electrons. The number of halogens is 2. The second-order valence-corrected chi connectivity index (χ2v) is 3.53. The van der Waals surface area contributed by atoms with Gasteiger partial charge in [0.2, 0.25) is 0 Å². The number of hydrogen-bond donors (Lipinski definition) is 0. The standard InChI is InChI=1S/C13H14ClFO/c1-3-5-12(13(14)16-4-2)10-6-8-11(15)9-7-10/h3,6-9H,1,4-5H2,2H3/b13-12-. The molecule has 1 aromatic rings. The van der Waals surface area contributed by atoms with Gasteiger partial charge in [0, 0.05) is 5.57 Å². The van der Waals surface area contributed by atoms with E-state index in [9.17, 15) is 4.39 Å². The van der Waals surface area contributed by atoms with E-state index >= 15 is 0 Å². The maximum atomic E-state index is 12.8. The van der Waals surface area contributed by atoms with Gasteiger partial charge in [-0.3, -0.25) is 0 Å². The molecule has 1 aromatic carbocycles. The Balaban J connectivity index is 3.06. The third-order valence-electron chi connectivity index (χ3n) is 2.05. The van der Waals surface area contributed by atoms with Gasteiger partial charge in [0.1, 0.15) is 5.82 Å². The largest absolute Gasteiger partial charge is 0.483 e. The molecule has 0 N–H and O–H groups in total. The van der Waals surface area contributed by atoms with E-state index in [4.69, 9.17) is 16.3 Å². The first-order valence-corrected chi connectivity index (χ1v) is 5.45. The molecule has 0 spiro atoms. The summed E-state index contributed by atoms with van der Waals surface area (Å²) < 4.78 is 18.0. The predicted molar refractivity (Wildman–Crippen MR) is 65.6 cm³/mol. The van der Waals surface area contributed by atoms with Gasteiger partial charge in [-0.1, -0.05) is 18.2 Å². The summed E-state index contributed by atoms with van der Waals surface area (Å²) in [5.41, 5.74) is 1.67. The van der Waals surface area contributed by atoms with Crippen LogP contribution in [0.3, 0.4) is 0 Å². The van der Waals surface area contributed by atoms with E-state index in [1.807, 2.05) is 6.92 Å². The first-order valence-electron chi connectivity index (χ1n) is 5.07. The average Bonchev–Trinajstić information content (AvgIpc) is 2.28. The maximum absolute atomic E-state index is 12.8. The summed E-state index contributed by atoms with van der Waals surface area (Å²) in [5, 5.41) is 0.342. The third kappa shape index (κ3) is 3.38. The Hall–Kier alpha value is -1.28. The maximum Gasteiger partial charge on any atom is 0.190 e. The van der Waals surface area contributed by atoms with E-state index in [1.165, 1.54) is 12.1 Å². The zero-order chi connectivity index (χ0) is 12.0. The molecule has 0 heterocycles. The highest BCUT2D eigenvalue weighted by Crippen LogP contribution is 2.26. The summed E-state index contributed by atoms with van der Waals surface area (Å²) in [6, 6.07) is 6.15. The number of allylic oxidation sites excluding steroid dienone is 2. The lowest BCUT2D eigenvalue weighted by Gasteiger charge is -2.09. The van der Waals surface area contributed by atoms with Gasteiger partial charge in [-0.15, -0.1) is 6.58 Å². The van der Waals surface area contributed by atoms with Crippen molar-refractivity contribution in [3.05, 3.63) is 53.5 Å². The van der Waals surface area contributed by atoms with Crippen LogP contribution in [0.1, 0.15) is 18.9 Å². The molecule has 0 unspecified atom stereocenters. The topological polar surface area (TPSA) is 9.23 Å². The van der Waals surface area contributed by atoms with Gasteiger partial charge < -0.3 is 4.74 Å². The van der Waals surface area contributed by atoms with Crippen LogP contribution in [0.15, 0.2) is 42.1 Å². The highest BCUT2D eigenvalue weighted by molar-refractivity contribution is 6.31. The molecule has 1 nitrogen and oxygen atoms in total. The number of ether oxygens (including phenoxy) is 1. The number of rotatable bonds is 5. The lowest BCUT2D eigenvalue weighted by Crippen LogP contribution is -1.92. The van der Waals surface area contributed by atoms with Crippen LogP contribution < -0.4 is 0 Å². The van der Waals surface area contributed by atoms with Crippen LogP contribution in [-0.4, -0.2) is 6.61 Å². The minimum absolute atomic E-state index is 0.269. The van der Waals surface area contributed by atoms with Crippen LogP contribution in [0.2, 0.25) is 0 Å². The van der Waals surface area contributed by atoms with Gasteiger partial charge in [-0.25, -0.2) is 4.39 Å². The van der Waals surface area contributed by atoms with Gasteiger partial charge in [0.15, 0.2) is 5.22 Å². The highest BCUT2D eigenvalue weighted by Gasteiger charge is 2.07. The molecule has 0 aliphatic heterocycles. The van der Waals surface area contributed by atoms with Crippen LogP contribution in [0.4, 0.5) is 4.39 Å². The van der Waals surface area contributed by atoms with Crippen LogP contribution in [0, 0.1) is 5.82 Å². The highest BCUT2D eigenvalue weighted by atomic mass is 35.5. The molecule has 0 fully saturated rings. The van der Waals surface area contributed by atoms with Crippen LogP contribution in [0.25, 0.3) is 5.57 Å². The van der Waals surface area contributed by atoms with Gasteiger partial charge in [-0.05, 0) is 42.6 Å². The quantitative estimate of drug-likeness (QED) is 0.549. The van der Waals surface area contributed by atoms with Crippen molar-refractivity contribution in [3.63, 3.8) is 0 Å². The Kier molecular flexibility index (Phi) is 5.06. The van der Waals surface area contributed by atoms with E-state index in [1.54, 1.807) is 18.2 Å². The van der Waals surface area contributed by atoms with E-state index in [0.29, 0.717) is 18.2 Å². The molecule has 86 valence electrons. The van der Waals surface area contributed by atoms with Crippen molar-refractivity contribution in [2.24, 2.45) is 0 Å². The zero-order valence-electron chi connectivity index (χ0n) is 9.17. The molecule has 0 atom stereocenters. The number of hydrogen-bond acceptors (Lipinski definition) is 1.